The van der Waals surface area contributed by atoms with E-state index in [-0.39, 0.29) is 0 Å². The average molecular weight is 306 g/mol. The van der Waals surface area contributed by atoms with Gasteiger partial charge in [0.1, 0.15) is 0 Å². The van der Waals surface area contributed by atoms with E-state index >= 15 is 0 Å². The van der Waals surface area contributed by atoms with Crippen molar-refractivity contribution < 1.29 is 4.52 Å². The summed E-state index contributed by atoms with van der Waals surface area (Å²) in [5, 5.41) is 6.06. The molecule has 114 valence electrons. The molecule has 6 heteroatoms. The molecule has 0 spiro atoms. The maximum Gasteiger partial charge on any atom is 0.227 e. The molecule has 2 aromatic heterocycles. The number of piperidine rings is 1. The number of nitrogens with zero attached hydrogens (tertiary/aromatic N) is 3. The molecule has 5 nitrogen and oxygen atoms in total. The van der Waals surface area contributed by atoms with Crippen LogP contribution in [0.1, 0.15) is 25.7 Å². The Kier molecular flexibility index (Phi) is 4.67. The summed E-state index contributed by atoms with van der Waals surface area (Å²) in [6.45, 7) is 5.45. The minimum Gasteiger partial charge on any atom is -0.339 e. The molecule has 3 rings (SSSR count). The van der Waals surface area contributed by atoms with E-state index in [2.05, 4.69) is 22.0 Å². The van der Waals surface area contributed by atoms with Gasteiger partial charge in [-0.05, 0) is 43.3 Å². The summed E-state index contributed by atoms with van der Waals surface area (Å²) < 4.78 is 5.32. The first-order valence-corrected chi connectivity index (χ1v) is 8.45. The van der Waals surface area contributed by atoms with Crippen molar-refractivity contribution in [3.63, 3.8) is 0 Å². The van der Waals surface area contributed by atoms with Crippen molar-refractivity contribution in [1.29, 1.82) is 0 Å². The van der Waals surface area contributed by atoms with Gasteiger partial charge in [0, 0.05) is 19.0 Å². The average Bonchev–Trinajstić information content (AvgIpc) is 3.13. The molecule has 0 bridgehead atoms. The van der Waals surface area contributed by atoms with Crippen molar-refractivity contribution in [2.75, 3.05) is 19.6 Å². The second-order valence-electron chi connectivity index (χ2n) is 5.82. The van der Waals surface area contributed by atoms with Gasteiger partial charge in [-0.1, -0.05) is 18.1 Å². The third-order valence-electron chi connectivity index (χ3n) is 4.18. The van der Waals surface area contributed by atoms with Crippen molar-refractivity contribution in [2.45, 2.75) is 32.2 Å². The lowest BCUT2D eigenvalue weighted by Gasteiger charge is -2.34. The van der Waals surface area contributed by atoms with Crippen molar-refractivity contribution in [1.82, 2.24) is 15.0 Å². The molecular weight excluding hydrogens is 284 g/mol. The molecular formula is C15H22N4OS. The van der Waals surface area contributed by atoms with Gasteiger partial charge in [-0.2, -0.15) is 4.98 Å². The Balaban J connectivity index is 1.46. The third-order valence-corrected chi connectivity index (χ3v) is 5.04. The van der Waals surface area contributed by atoms with Gasteiger partial charge in [0.15, 0.2) is 0 Å². The van der Waals surface area contributed by atoms with Gasteiger partial charge in [0.2, 0.25) is 11.7 Å². The molecule has 3 heterocycles. The standard InChI is InChI=1S/C15H22N4OS/c1-11-6-8-19(10-12(11)16)7-2-5-14-17-15(18-20-14)13-4-3-9-21-13/h3-4,9,11-12H,2,5-8,10,16H2,1H3. The van der Waals surface area contributed by atoms with E-state index in [1.807, 2.05) is 17.5 Å². The van der Waals surface area contributed by atoms with Gasteiger partial charge in [0.05, 0.1) is 4.88 Å². The molecule has 1 aliphatic rings. The molecule has 1 aliphatic heterocycles. The third kappa shape index (κ3) is 3.70. The van der Waals surface area contributed by atoms with Crippen molar-refractivity contribution in [3.8, 4) is 10.7 Å². The number of hydrogen-bond donors (Lipinski definition) is 1. The number of aromatic nitrogens is 2. The van der Waals surface area contributed by atoms with Gasteiger partial charge in [-0.3, -0.25) is 0 Å². The van der Waals surface area contributed by atoms with Crippen LogP contribution in [0, 0.1) is 5.92 Å². The van der Waals surface area contributed by atoms with Crippen LogP contribution < -0.4 is 5.73 Å². The maximum atomic E-state index is 6.13. The second kappa shape index (κ2) is 6.68. The zero-order valence-electron chi connectivity index (χ0n) is 12.4. The Bertz CT molecular complexity index is 554. The van der Waals surface area contributed by atoms with Gasteiger partial charge in [-0.15, -0.1) is 11.3 Å². The highest BCUT2D eigenvalue weighted by atomic mass is 32.1. The Labute approximate surface area is 129 Å². The number of thiophene rings is 1. The summed E-state index contributed by atoms with van der Waals surface area (Å²) in [5.74, 6) is 2.08. The zero-order chi connectivity index (χ0) is 14.7. The molecule has 1 fully saturated rings. The van der Waals surface area contributed by atoms with Gasteiger partial charge in [-0.25, -0.2) is 0 Å². The number of hydrogen-bond acceptors (Lipinski definition) is 6. The molecule has 0 amide bonds. The fraction of sp³-hybridized carbons (Fsp3) is 0.600. The minimum atomic E-state index is 0.313. The topological polar surface area (TPSA) is 68.2 Å². The lowest BCUT2D eigenvalue weighted by atomic mass is 9.94. The van der Waals surface area contributed by atoms with Crippen LogP contribution in [0.5, 0.6) is 0 Å². The predicted molar refractivity (Wildman–Crippen MR) is 84.1 cm³/mol. The Morgan fingerprint density at radius 3 is 3.19 bits per heavy atom. The highest BCUT2D eigenvalue weighted by molar-refractivity contribution is 7.13. The lowest BCUT2D eigenvalue weighted by molar-refractivity contribution is 0.166. The van der Waals surface area contributed by atoms with E-state index in [4.69, 9.17) is 10.3 Å². The summed E-state index contributed by atoms with van der Waals surface area (Å²) in [6.07, 6.45) is 3.07. The summed E-state index contributed by atoms with van der Waals surface area (Å²) >= 11 is 1.63. The first kappa shape index (κ1) is 14.7. The van der Waals surface area contributed by atoms with Crippen LogP contribution in [0.4, 0.5) is 0 Å². The Morgan fingerprint density at radius 1 is 1.52 bits per heavy atom. The molecule has 2 atom stereocenters. The van der Waals surface area contributed by atoms with Crippen LogP contribution in [-0.2, 0) is 6.42 Å². The summed E-state index contributed by atoms with van der Waals surface area (Å²) in [4.78, 5) is 7.95. The number of aryl methyl sites for hydroxylation is 1. The monoisotopic (exact) mass is 306 g/mol. The quantitative estimate of drug-likeness (QED) is 0.918. The van der Waals surface area contributed by atoms with Crippen molar-refractivity contribution >= 4 is 11.3 Å². The van der Waals surface area contributed by atoms with E-state index in [0.29, 0.717) is 17.8 Å². The van der Waals surface area contributed by atoms with E-state index < -0.39 is 0 Å². The molecule has 2 unspecified atom stereocenters. The fourth-order valence-electron chi connectivity index (χ4n) is 2.69. The van der Waals surface area contributed by atoms with E-state index in [0.717, 1.165) is 43.2 Å². The van der Waals surface area contributed by atoms with E-state index in [1.165, 1.54) is 6.42 Å². The first-order valence-electron chi connectivity index (χ1n) is 7.57. The molecule has 2 N–H and O–H groups in total. The van der Waals surface area contributed by atoms with E-state index in [1.54, 1.807) is 11.3 Å². The number of nitrogens with two attached hydrogens (primary N) is 1. The van der Waals surface area contributed by atoms with Crippen LogP contribution in [0.3, 0.4) is 0 Å². The first-order chi connectivity index (χ1) is 10.2. The molecule has 0 aromatic carbocycles. The minimum absolute atomic E-state index is 0.313. The zero-order valence-corrected chi connectivity index (χ0v) is 13.2. The van der Waals surface area contributed by atoms with Gasteiger partial charge in [0.25, 0.3) is 0 Å². The van der Waals surface area contributed by atoms with Crippen LogP contribution in [0.25, 0.3) is 10.7 Å². The fourth-order valence-corrected chi connectivity index (χ4v) is 3.34. The van der Waals surface area contributed by atoms with Crippen LogP contribution in [0.15, 0.2) is 22.0 Å². The largest absolute Gasteiger partial charge is 0.339 e. The summed E-state index contributed by atoms with van der Waals surface area (Å²) in [6, 6.07) is 4.32. The smallest absolute Gasteiger partial charge is 0.227 e. The lowest BCUT2D eigenvalue weighted by Crippen LogP contribution is -2.47. The normalized spacial score (nSPS) is 23.5. The molecule has 0 saturated carbocycles. The van der Waals surface area contributed by atoms with E-state index in [9.17, 15) is 0 Å². The Morgan fingerprint density at radius 2 is 2.43 bits per heavy atom. The highest BCUT2D eigenvalue weighted by Gasteiger charge is 2.22. The summed E-state index contributed by atoms with van der Waals surface area (Å²) in [5.41, 5.74) is 6.13. The summed E-state index contributed by atoms with van der Waals surface area (Å²) in [7, 11) is 0. The predicted octanol–water partition coefficient (Wildman–Crippen LogP) is 2.40. The van der Waals surface area contributed by atoms with Crippen molar-refractivity contribution in [2.24, 2.45) is 11.7 Å². The van der Waals surface area contributed by atoms with Gasteiger partial charge < -0.3 is 15.2 Å². The van der Waals surface area contributed by atoms with Gasteiger partial charge >= 0.3 is 0 Å². The van der Waals surface area contributed by atoms with Crippen molar-refractivity contribution in [3.05, 3.63) is 23.4 Å². The van der Waals surface area contributed by atoms with Crippen LogP contribution in [-0.4, -0.2) is 40.7 Å². The SMILES string of the molecule is CC1CCN(CCCc2nc(-c3cccs3)no2)CC1N. The number of likely N-dealkylation sites (tertiary alicyclic amines) is 1. The number of rotatable bonds is 5. The Hall–Kier alpha value is -1.24. The molecule has 2 aromatic rings. The highest BCUT2D eigenvalue weighted by Crippen LogP contribution is 2.21. The van der Waals surface area contributed by atoms with Crippen LogP contribution in [0.2, 0.25) is 0 Å². The molecule has 0 radical (unpaired) electrons. The molecule has 21 heavy (non-hydrogen) atoms. The maximum absolute atomic E-state index is 6.13. The van der Waals surface area contributed by atoms with Crippen LogP contribution >= 0.6 is 11.3 Å². The second-order valence-corrected chi connectivity index (χ2v) is 6.77. The molecule has 0 aliphatic carbocycles. The molecule has 1 saturated heterocycles.